The Morgan fingerprint density at radius 2 is 1.42 bits per heavy atom. The Balaban J connectivity index is 1.61. The normalized spacial score (nSPS) is 15.4. The topological polar surface area (TPSA) is 66.7 Å². The van der Waals surface area contributed by atoms with Gasteiger partial charge in [0.15, 0.2) is 5.11 Å². The third-order valence-corrected chi connectivity index (χ3v) is 5.80. The number of carbonyl (C=O) groups excluding carboxylic acids is 1. The van der Waals surface area contributed by atoms with Crippen LogP contribution in [-0.4, -0.2) is 21.5 Å². The molecule has 1 aliphatic heterocycles. The van der Waals surface area contributed by atoms with Gasteiger partial charge in [0.1, 0.15) is 5.54 Å². The zero-order chi connectivity index (χ0) is 22.2. The van der Waals surface area contributed by atoms with Crippen molar-refractivity contribution < 1.29 is 9.72 Å². The molecule has 0 aromatic heterocycles. The first-order valence-corrected chi connectivity index (χ1v) is 10.3. The fourth-order valence-corrected chi connectivity index (χ4v) is 4.30. The smallest absolute Gasteiger partial charge is 0.269 e. The number of carbonyl (C=O) groups is 1. The maximum absolute atomic E-state index is 13.2. The number of hydrogen-bond donors (Lipinski definition) is 0. The van der Waals surface area contributed by atoms with E-state index in [-0.39, 0.29) is 11.6 Å². The monoisotopic (exact) mass is 431 g/mol. The van der Waals surface area contributed by atoms with Crippen LogP contribution in [0.1, 0.15) is 25.0 Å². The van der Waals surface area contributed by atoms with E-state index in [2.05, 4.69) is 12.1 Å². The van der Waals surface area contributed by atoms with Crippen LogP contribution in [-0.2, 0) is 11.2 Å². The lowest BCUT2D eigenvalue weighted by Gasteiger charge is -2.29. The second-order valence-electron chi connectivity index (χ2n) is 7.92. The van der Waals surface area contributed by atoms with Gasteiger partial charge in [0.05, 0.1) is 10.6 Å². The van der Waals surface area contributed by atoms with E-state index in [4.69, 9.17) is 12.2 Å². The minimum atomic E-state index is -0.889. The van der Waals surface area contributed by atoms with E-state index in [1.54, 1.807) is 12.1 Å². The van der Waals surface area contributed by atoms with Gasteiger partial charge in [-0.3, -0.25) is 19.8 Å². The number of amides is 1. The summed E-state index contributed by atoms with van der Waals surface area (Å²) in [6.45, 7) is 3.65. The summed E-state index contributed by atoms with van der Waals surface area (Å²) in [5, 5.41) is 11.3. The number of nitro benzene ring substituents is 1. The standard InChI is InChI=1S/C24H21N3O3S/c1-24(2)22(28)25(19-12-14-21(15-13-19)27(29)30)23(31)26(24)20-10-8-18(9-11-20)16-17-6-4-3-5-7-17/h3-15H,16H2,1-2H3. The minimum absolute atomic E-state index is 0.0357. The lowest BCUT2D eigenvalue weighted by Crippen LogP contribution is -2.44. The molecule has 0 spiro atoms. The molecule has 0 N–H and O–H groups in total. The SMILES string of the molecule is CC1(C)C(=O)N(c2ccc([N+](=O)[O-])cc2)C(=S)N1c1ccc(Cc2ccccc2)cc1. The molecular formula is C24H21N3O3S. The number of nitro groups is 1. The molecule has 0 bridgehead atoms. The average molecular weight is 432 g/mol. The molecule has 6 nitrogen and oxygen atoms in total. The van der Waals surface area contributed by atoms with Gasteiger partial charge in [-0.25, -0.2) is 0 Å². The molecule has 3 aromatic carbocycles. The van der Waals surface area contributed by atoms with Gasteiger partial charge >= 0.3 is 0 Å². The summed E-state index contributed by atoms with van der Waals surface area (Å²) in [6.07, 6.45) is 0.822. The first kappa shape index (κ1) is 20.7. The van der Waals surface area contributed by atoms with Gasteiger partial charge in [-0.1, -0.05) is 42.5 Å². The Kier molecular flexibility index (Phi) is 5.29. The van der Waals surface area contributed by atoms with Crippen LogP contribution in [0, 0.1) is 10.1 Å². The van der Waals surface area contributed by atoms with Crippen molar-refractivity contribution in [1.82, 2.24) is 0 Å². The van der Waals surface area contributed by atoms with Crippen molar-refractivity contribution in [2.45, 2.75) is 25.8 Å². The van der Waals surface area contributed by atoms with E-state index in [1.807, 2.05) is 61.2 Å². The molecule has 1 heterocycles. The molecule has 31 heavy (non-hydrogen) atoms. The van der Waals surface area contributed by atoms with Gasteiger partial charge in [-0.05, 0) is 67.9 Å². The maximum Gasteiger partial charge on any atom is 0.269 e. The summed E-state index contributed by atoms with van der Waals surface area (Å²) in [4.78, 5) is 26.9. The molecule has 0 saturated carbocycles. The van der Waals surface area contributed by atoms with E-state index in [0.29, 0.717) is 10.8 Å². The quantitative estimate of drug-likeness (QED) is 0.319. The Morgan fingerprint density at radius 3 is 2.00 bits per heavy atom. The fourth-order valence-electron chi connectivity index (χ4n) is 3.77. The van der Waals surface area contributed by atoms with Crippen molar-refractivity contribution in [3.8, 4) is 0 Å². The maximum atomic E-state index is 13.2. The van der Waals surface area contributed by atoms with Crippen molar-refractivity contribution in [2.75, 3.05) is 9.80 Å². The Morgan fingerprint density at radius 1 is 0.871 bits per heavy atom. The molecule has 156 valence electrons. The van der Waals surface area contributed by atoms with Crippen LogP contribution in [0.5, 0.6) is 0 Å². The van der Waals surface area contributed by atoms with Crippen LogP contribution in [0.4, 0.5) is 17.1 Å². The summed E-state index contributed by atoms with van der Waals surface area (Å²) in [5.74, 6) is -0.181. The van der Waals surface area contributed by atoms with Crippen LogP contribution in [0.15, 0.2) is 78.9 Å². The second kappa shape index (κ2) is 7.92. The van der Waals surface area contributed by atoms with Crippen molar-refractivity contribution >= 4 is 40.3 Å². The molecule has 0 atom stereocenters. The predicted molar refractivity (Wildman–Crippen MR) is 125 cm³/mol. The van der Waals surface area contributed by atoms with Crippen LogP contribution in [0.2, 0.25) is 0 Å². The van der Waals surface area contributed by atoms with Crippen LogP contribution >= 0.6 is 12.2 Å². The van der Waals surface area contributed by atoms with Gasteiger partial charge in [0.2, 0.25) is 0 Å². The van der Waals surface area contributed by atoms with E-state index in [1.165, 1.54) is 22.6 Å². The predicted octanol–water partition coefficient (Wildman–Crippen LogP) is 5.10. The van der Waals surface area contributed by atoms with Crippen LogP contribution in [0.25, 0.3) is 0 Å². The molecule has 1 amide bonds. The number of anilines is 2. The molecular weight excluding hydrogens is 410 g/mol. The van der Waals surface area contributed by atoms with Gasteiger partial charge < -0.3 is 4.90 Å². The van der Waals surface area contributed by atoms with E-state index >= 15 is 0 Å². The molecule has 7 heteroatoms. The molecule has 3 aromatic rings. The first-order chi connectivity index (χ1) is 14.8. The highest BCUT2D eigenvalue weighted by Crippen LogP contribution is 2.36. The summed E-state index contributed by atoms with van der Waals surface area (Å²) in [5.41, 5.74) is 2.80. The molecule has 1 aliphatic rings. The molecule has 0 aliphatic carbocycles. The molecule has 1 saturated heterocycles. The highest BCUT2D eigenvalue weighted by molar-refractivity contribution is 7.81. The minimum Gasteiger partial charge on any atom is -0.304 e. The van der Waals surface area contributed by atoms with Crippen LogP contribution in [0.3, 0.4) is 0 Å². The third kappa shape index (κ3) is 3.80. The largest absolute Gasteiger partial charge is 0.304 e. The van der Waals surface area contributed by atoms with Gasteiger partial charge in [-0.15, -0.1) is 0 Å². The number of rotatable bonds is 5. The number of non-ortho nitro benzene ring substituents is 1. The second-order valence-corrected chi connectivity index (χ2v) is 8.29. The van der Waals surface area contributed by atoms with E-state index in [0.717, 1.165) is 17.7 Å². The van der Waals surface area contributed by atoms with Crippen molar-refractivity contribution in [3.63, 3.8) is 0 Å². The zero-order valence-electron chi connectivity index (χ0n) is 17.2. The Labute approximate surface area is 185 Å². The summed E-state index contributed by atoms with van der Waals surface area (Å²) >= 11 is 5.67. The van der Waals surface area contributed by atoms with Crippen molar-refractivity contribution in [1.29, 1.82) is 0 Å². The van der Waals surface area contributed by atoms with E-state index < -0.39 is 10.5 Å². The molecule has 4 rings (SSSR count). The molecule has 0 unspecified atom stereocenters. The Hall–Kier alpha value is -3.58. The number of nitrogens with zero attached hydrogens (tertiary/aromatic N) is 3. The number of hydrogen-bond acceptors (Lipinski definition) is 4. The third-order valence-electron chi connectivity index (χ3n) is 5.43. The van der Waals surface area contributed by atoms with Crippen molar-refractivity contribution in [3.05, 3.63) is 100 Å². The van der Waals surface area contributed by atoms with Crippen LogP contribution < -0.4 is 9.80 Å². The Bertz CT molecular complexity index is 1140. The average Bonchev–Trinajstić information content (AvgIpc) is 2.93. The highest BCUT2D eigenvalue weighted by Gasteiger charge is 2.50. The number of benzene rings is 3. The lowest BCUT2D eigenvalue weighted by molar-refractivity contribution is -0.384. The summed E-state index contributed by atoms with van der Waals surface area (Å²) in [7, 11) is 0. The van der Waals surface area contributed by atoms with Gasteiger partial charge in [0.25, 0.3) is 11.6 Å². The zero-order valence-corrected chi connectivity index (χ0v) is 18.0. The van der Waals surface area contributed by atoms with Crippen molar-refractivity contribution in [2.24, 2.45) is 0 Å². The molecule has 1 fully saturated rings. The first-order valence-electron chi connectivity index (χ1n) is 9.85. The number of thiocarbonyl (C=S) groups is 1. The van der Waals surface area contributed by atoms with E-state index in [9.17, 15) is 14.9 Å². The fraction of sp³-hybridized carbons (Fsp3) is 0.167. The highest BCUT2D eigenvalue weighted by atomic mass is 32.1. The van der Waals surface area contributed by atoms with Gasteiger partial charge in [-0.2, -0.15) is 0 Å². The molecule has 0 radical (unpaired) electrons. The summed E-state index contributed by atoms with van der Waals surface area (Å²) in [6, 6.07) is 24.1. The van der Waals surface area contributed by atoms with Gasteiger partial charge in [0, 0.05) is 17.8 Å². The lowest BCUT2D eigenvalue weighted by atomic mass is 10.0. The summed E-state index contributed by atoms with van der Waals surface area (Å²) < 4.78 is 0.